The van der Waals surface area contributed by atoms with Crippen LogP contribution in [0.2, 0.25) is 10.0 Å². The van der Waals surface area contributed by atoms with E-state index in [0.717, 1.165) is 16.9 Å². The van der Waals surface area contributed by atoms with Gasteiger partial charge in [0.1, 0.15) is 6.61 Å². The fraction of sp³-hybridized carbons (Fsp3) is 0.130. The monoisotopic (exact) mass is 445 g/mol. The van der Waals surface area contributed by atoms with Crippen LogP contribution in [0, 0.1) is 0 Å². The van der Waals surface area contributed by atoms with Crippen molar-refractivity contribution < 1.29 is 19.1 Å². The van der Waals surface area contributed by atoms with Crippen LogP contribution in [0.25, 0.3) is 0 Å². The standard InChI is InChI=1S/C12H9Cl2N.C11H12O4/c13-10-7-4-8-11(14)12(10)15-9-5-2-1-3-6-9;1-9(12)14-8-11(13)15-7-10-5-3-2-4-6-10/h1-8,15H;2-6H,7-8H2,1H3. The molecule has 0 radical (unpaired) electrons. The highest BCUT2D eigenvalue weighted by Crippen LogP contribution is 2.32. The normalized spacial score (nSPS) is 9.70. The Morgan fingerprint density at radius 2 is 1.37 bits per heavy atom. The first-order chi connectivity index (χ1) is 14.5. The first-order valence-corrected chi connectivity index (χ1v) is 9.80. The van der Waals surface area contributed by atoms with E-state index in [1.165, 1.54) is 6.92 Å². The topological polar surface area (TPSA) is 64.6 Å². The zero-order valence-electron chi connectivity index (χ0n) is 16.3. The fourth-order valence-electron chi connectivity index (χ4n) is 2.22. The van der Waals surface area contributed by atoms with Gasteiger partial charge in [-0.3, -0.25) is 4.79 Å². The number of para-hydroxylation sites is 2. The number of rotatable bonds is 6. The summed E-state index contributed by atoms with van der Waals surface area (Å²) >= 11 is 12.1. The molecule has 3 aromatic carbocycles. The Bertz CT molecular complexity index is 930. The molecule has 3 rings (SSSR count). The number of halogens is 2. The number of hydrogen-bond donors (Lipinski definition) is 1. The Hall–Kier alpha value is -3.02. The van der Waals surface area contributed by atoms with Gasteiger partial charge in [-0.25, -0.2) is 4.79 Å². The van der Waals surface area contributed by atoms with Crippen LogP contribution in [0.15, 0.2) is 78.9 Å². The predicted molar refractivity (Wildman–Crippen MR) is 119 cm³/mol. The largest absolute Gasteiger partial charge is 0.458 e. The summed E-state index contributed by atoms with van der Waals surface area (Å²) in [5.41, 5.74) is 2.60. The van der Waals surface area contributed by atoms with Crippen LogP contribution in [-0.2, 0) is 25.7 Å². The van der Waals surface area contributed by atoms with Gasteiger partial charge in [0.2, 0.25) is 0 Å². The maximum atomic E-state index is 11.0. The lowest BCUT2D eigenvalue weighted by Gasteiger charge is -2.09. The van der Waals surface area contributed by atoms with Crippen molar-refractivity contribution in [3.8, 4) is 0 Å². The molecule has 0 amide bonds. The van der Waals surface area contributed by atoms with Gasteiger partial charge >= 0.3 is 11.9 Å². The molecule has 0 fully saturated rings. The van der Waals surface area contributed by atoms with E-state index in [2.05, 4.69) is 10.1 Å². The Morgan fingerprint density at radius 3 is 1.93 bits per heavy atom. The molecule has 0 unspecified atom stereocenters. The summed E-state index contributed by atoms with van der Waals surface area (Å²) in [6.07, 6.45) is 0. The first-order valence-electron chi connectivity index (χ1n) is 9.04. The lowest BCUT2D eigenvalue weighted by atomic mass is 10.2. The zero-order chi connectivity index (χ0) is 21.8. The zero-order valence-corrected chi connectivity index (χ0v) is 17.8. The number of esters is 2. The van der Waals surface area contributed by atoms with Crippen molar-refractivity contribution >= 4 is 46.5 Å². The van der Waals surface area contributed by atoms with Crippen molar-refractivity contribution in [3.05, 3.63) is 94.5 Å². The van der Waals surface area contributed by atoms with Gasteiger partial charge in [-0.05, 0) is 29.8 Å². The maximum Gasteiger partial charge on any atom is 0.344 e. The summed E-state index contributed by atoms with van der Waals surface area (Å²) in [7, 11) is 0. The lowest BCUT2D eigenvalue weighted by Crippen LogP contribution is -2.14. The third kappa shape index (κ3) is 8.55. The first kappa shape index (κ1) is 23.3. The third-order valence-electron chi connectivity index (χ3n) is 3.64. The Labute approximate surface area is 185 Å². The number of nitrogens with one attached hydrogen (secondary N) is 1. The molecule has 1 N–H and O–H groups in total. The molecule has 0 aliphatic rings. The van der Waals surface area contributed by atoms with Crippen molar-refractivity contribution in [2.75, 3.05) is 11.9 Å². The molecule has 7 heteroatoms. The number of hydrogen-bond acceptors (Lipinski definition) is 5. The molecule has 0 aliphatic heterocycles. The van der Waals surface area contributed by atoms with Crippen LogP contribution < -0.4 is 5.32 Å². The number of ether oxygens (including phenoxy) is 2. The molecule has 5 nitrogen and oxygen atoms in total. The average Bonchev–Trinajstić information content (AvgIpc) is 2.75. The second-order valence-electron chi connectivity index (χ2n) is 6.01. The third-order valence-corrected chi connectivity index (χ3v) is 4.27. The van der Waals surface area contributed by atoms with Crippen molar-refractivity contribution in [1.29, 1.82) is 0 Å². The molecule has 156 valence electrons. The summed E-state index contributed by atoms with van der Waals surface area (Å²) < 4.78 is 9.34. The number of carbonyl (C=O) groups is 2. The van der Waals surface area contributed by atoms with Gasteiger partial charge in [-0.1, -0.05) is 77.8 Å². The van der Waals surface area contributed by atoms with Gasteiger partial charge in [-0.2, -0.15) is 0 Å². The average molecular weight is 446 g/mol. The van der Waals surface area contributed by atoms with Crippen molar-refractivity contribution in [1.82, 2.24) is 0 Å². The molecule has 0 saturated heterocycles. The van der Waals surface area contributed by atoms with Crippen molar-refractivity contribution in [2.24, 2.45) is 0 Å². The van der Waals surface area contributed by atoms with E-state index >= 15 is 0 Å². The molecule has 0 atom stereocenters. The maximum absolute atomic E-state index is 11.0. The highest BCUT2D eigenvalue weighted by molar-refractivity contribution is 6.39. The summed E-state index contributed by atoms with van der Waals surface area (Å²) in [5.74, 6) is -1.04. The summed E-state index contributed by atoms with van der Waals surface area (Å²) in [6.45, 7) is 1.10. The van der Waals surface area contributed by atoms with Crippen LogP contribution in [0.3, 0.4) is 0 Å². The molecular formula is C23H21Cl2NO4. The van der Waals surface area contributed by atoms with Crippen molar-refractivity contribution in [3.63, 3.8) is 0 Å². The molecule has 3 aromatic rings. The van der Waals surface area contributed by atoms with E-state index < -0.39 is 11.9 Å². The van der Waals surface area contributed by atoms with Crippen LogP contribution in [0.4, 0.5) is 11.4 Å². The van der Waals surface area contributed by atoms with Gasteiger partial charge < -0.3 is 14.8 Å². The highest BCUT2D eigenvalue weighted by Gasteiger charge is 2.05. The number of benzene rings is 3. The van der Waals surface area contributed by atoms with E-state index in [4.69, 9.17) is 27.9 Å². The van der Waals surface area contributed by atoms with Gasteiger partial charge in [0, 0.05) is 12.6 Å². The van der Waals surface area contributed by atoms with Gasteiger partial charge in [0.25, 0.3) is 0 Å². The van der Waals surface area contributed by atoms with Crippen LogP contribution in [0.1, 0.15) is 12.5 Å². The van der Waals surface area contributed by atoms with Gasteiger partial charge in [-0.15, -0.1) is 0 Å². The molecule has 30 heavy (non-hydrogen) atoms. The minimum atomic E-state index is -0.547. The minimum Gasteiger partial charge on any atom is -0.458 e. The van der Waals surface area contributed by atoms with Crippen molar-refractivity contribution in [2.45, 2.75) is 13.5 Å². The molecular weight excluding hydrogens is 425 g/mol. The predicted octanol–water partition coefficient (Wildman–Crippen LogP) is 6.03. The van der Waals surface area contributed by atoms with Crippen LogP contribution >= 0.6 is 23.2 Å². The van der Waals surface area contributed by atoms with E-state index in [1.54, 1.807) is 12.1 Å². The molecule has 0 spiro atoms. The summed E-state index contributed by atoms with van der Waals surface area (Å²) in [4.78, 5) is 21.4. The second-order valence-corrected chi connectivity index (χ2v) is 6.83. The molecule has 0 bridgehead atoms. The SMILES string of the molecule is CC(=O)OCC(=O)OCc1ccccc1.Clc1cccc(Cl)c1Nc1ccccc1. The van der Waals surface area contributed by atoms with E-state index in [-0.39, 0.29) is 13.2 Å². The van der Waals surface area contributed by atoms with E-state index in [1.807, 2.05) is 66.7 Å². The number of carbonyl (C=O) groups excluding carboxylic acids is 2. The Balaban J connectivity index is 0.000000214. The van der Waals surface area contributed by atoms with Crippen LogP contribution in [-0.4, -0.2) is 18.5 Å². The summed E-state index contributed by atoms with van der Waals surface area (Å²) in [6, 6.07) is 24.5. The Kier molecular flexibility index (Phi) is 9.71. The van der Waals surface area contributed by atoms with Crippen LogP contribution in [0.5, 0.6) is 0 Å². The quantitative estimate of drug-likeness (QED) is 0.469. The summed E-state index contributed by atoms with van der Waals surface area (Å²) in [5, 5.41) is 4.41. The highest BCUT2D eigenvalue weighted by atomic mass is 35.5. The molecule has 0 heterocycles. The fourth-order valence-corrected chi connectivity index (χ4v) is 2.72. The van der Waals surface area contributed by atoms with E-state index in [0.29, 0.717) is 10.0 Å². The van der Waals surface area contributed by atoms with E-state index in [9.17, 15) is 9.59 Å². The van der Waals surface area contributed by atoms with Gasteiger partial charge in [0.05, 0.1) is 15.7 Å². The molecule has 0 aliphatic carbocycles. The second kappa shape index (κ2) is 12.5. The van der Waals surface area contributed by atoms with Gasteiger partial charge in [0.15, 0.2) is 6.61 Å². The Morgan fingerprint density at radius 1 is 0.800 bits per heavy atom. The lowest BCUT2D eigenvalue weighted by molar-refractivity contribution is -0.158. The molecule has 0 aromatic heterocycles. The minimum absolute atomic E-state index is 0.195. The molecule has 0 saturated carbocycles. The smallest absolute Gasteiger partial charge is 0.344 e. The number of anilines is 2.